The van der Waals surface area contributed by atoms with Crippen molar-refractivity contribution in [3.63, 3.8) is 0 Å². The summed E-state index contributed by atoms with van der Waals surface area (Å²) >= 11 is 24.0. The van der Waals surface area contributed by atoms with E-state index in [4.69, 9.17) is 46.3 Å². The largest absolute Gasteiger partial charge is 0.382 e. The summed E-state index contributed by atoms with van der Waals surface area (Å²) in [4.78, 5) is 29.0. The van der Waals surface area contributed by atoms with Crippen LogP contribution < -0.4 is 11.5 Å². The Kier molecular flexibility index (Phi) is 7.09. The summed E-state index contributed by atoms with van der Waals surface area (Å²) in [7, 11) is 0. The Morgan fingerprint density at radius 2 is 1.58 bits per heavy atom. The number of rotatable bonds is 1. The molecule has 2 amide bonds. The first kappa shape index (κ1) is 21.2. The molecule has 2 aromatic rings. The van der Waals surface area contributed by atoms with Gasteiger partial charge in [-0.25, -0.2) is 13.9 Å². The predicted octanol–water partition coefficient (Wildman–Crippen LogP) is 4.48. The van der Waals surface area contributed by atoms with Gasteiger partial charge in [-0.2, -0.15) is 0 Å². The van der Waals surface area contributed by atoms with Gasteiger partial charge in [0.2, 0.25) is 11.8 Å². The number of benzene rings is 1. The Hall–Kier alpha value is -1.13. The van der Waals surface area contributed by atoms with Gasteiger partial charge >= 0.3 is 0 Å². The first-order valence-electron chi connectivity index (χ1n) is 6.86. The molecule has 0 bridgehead atoms. The second-order valence-electron chi connectivity index (χ2n) is 4.95. The maximum absolute atomic E-state index is 10.4. The quantitative estimate of drug-likeness (QED) is 0.310. The fourth-order valence-corrected chi connectivity index (χ4v) is 3.23. The van der Waals surface area contributed by atoms with Crippen molar-refractivity contribution in [3.8, 4) is 11.3 Å². The summed E-state index contributed by atoms with van der Waals surface area (Å²) in [6.07, 6.45) is 0.703. The second-order valence-corrected chi connectivity index (χ2v) is 7.63. The van der Waals surface area contributed by atoms with Gasteiger partial charge in [-0.3, -0.25) is 9.59 Å². The molecule has 3 rings (SSSR count). The SMILES string of the molecule is Nc1nc(N)c(-c2cc(Cl)cc(Cl)c2Cl)nc1Br.O=C1CCC(=O)N1Br. The third kappa shape index (κ3) is 4.77. The number of hydrogen-bond acceptors (Lipinski definition) is 6. The highest BCUT2D eigenvalue weighted by Gasteiger charge is 2.26. The van der Waals surface area contributed by atoms with E-state index in [0.717, 1.165) is 3.93 Å². The van der Waals surface area contributed by atoms with Crippen molar-refractivity contribution >= 4 is 90.3 Å². The van der Waals surface area contributed by atoms with E-state index < -0.39 is 0 Å². The molecule has 4 N–H and O–H groups in total. The van der Waals surface area contributed by atoms with E-state index in [9.17, 15) is 9.59 Å². The van der Waals surface area contributed by atoms with Crippen LogP contribution in [0.1, 0.15) is 12.8 Å². The van der Waals surface area contributed by atoms with Gasteiger partial charge in [0.05, 0.1) is 26.2 Å². The number of anilines is 2. The van der Waals surface area contributed by atoms with E-state index in [1.807, 2.05) is 0 Å². The molecule has 26 heavy (non-hydrogen) atoms. The topological polar surface area (TPSA) is 115 Å². The fraction of sp³-hybridized carbons (Fsp3) is 0.143. The summed E-state index contributed by atoms with van der Waals surface area (Å²) in [5, 5.41) is 1.04. The monoisotopic (exact) mass is 543 g/mol. The van der Waals surface area contributed by atoms with E-state index in [0.29, 0.717) is 43.8 Å². The molecule has 1 aromatic heterocycles. The number of nitrogens with zero attached hydrogens (tertiary/aromatic N) is 3. The van der Waals surface area contributed by atoms with E-state index >= 15 is 0 Å². The van der Waals surface area contributed by atoms with E-state index in [1.54, 1.807) is 6.07 Å². The number of aromatic nitrogens is 2. The van der Waals surface area contributed by atoms with Crippen molar-refractivity contribution in [2.75, 3.05) is 11.5 Å². The van der Waals surface area contributed by atoms with Crippen LogP contribution in [0.15, 0.2) is 16.7 Å². The van der Waals surface area contributed by atoms with Gasteiger partial charge in [0.25, 0.3) is 0 Å². The Morgan fingerprint density at radius 1 is 1.00 bits per heavy atom. The summed E-state index contributed by atoms with van der Waals surface area (Å²) in [5.74, 6) is 0.0569. The minimum absolute atomic E-state index is 0.144. The third-order valence-electron chi connectivity index (χ3n) is 3.14. The minimum Gasteiger partial charge on any atom is -0.382 e. The number of carbonyl (C=O) groups excluding carboxylic acids is 2. The number of nitrogen functional groups attached to an aromatic ring is 2. The lowest BCUT2D eigenvalue weighted by atomic mass is 10.1. The molecule has 0 aliphatic carbocycles. The Balaban J connectivity index is 0.000000254. The Morgan fingerprint density at radius 3 is 2.08 bits per heavy atom. The second kappa shape index (κ2) is 8.71. The molecule has 0 saturated carbocycles. The normalized spacial score (nSPS) is 13.7. The van der Waals surface area contributed by atoms with E-state index in [2.05, 4.69) is 42.0 Å². The molecule has 12 heteroatoms. The van der Waals surface area contributed by atoms with Crippen LogP contribution in [0.25, 0.3) is 11.3 Å². The number of imide groups is 1. The average molecular weight is 546 g/mol. The van der Waals surface area contributed by atoms with Gasteiger partial charge in [-0.05, 0) is 28.1 Å². The summed E-state index contributed by atoms with van der Waals surface area (Å²) in [5.41, 5.74) is 12.2. The Bertz CT molecular complexity index is 881. The van der Waals surface area contributed by atoms with Crippen LogP contribution in [-0.2, 0) is 9.59 Å². The maximum atomic E-state index is 10.4. The van der Waals surface area contributed by atoms with Crippen molar-refractivity contribution in [2.24, 2.45) is 0 Å². The van der Waals surface area contributed by atoms with Crippen molar-refractivity contribution in [3.05, 3.63) is 31.8 Å². The highest BCUT2D eigenvalue weighted by molar-refractivity contribution is 9.10. The molecular weight excluding hydrogens is 536 g/mol. The highest BCUT2D eigenvalue weighted by atomic mass is 79.9. The van der Waals surface area contributed by atoms with Crippen molar-refractivity contribution in [2.45, 2.75) is 12.8 Å². The molecule has 1 fully saturated rings. The van der Waals surface area contributed by atoms with Crippen molar-refractivity contribution in [1.82, 2.24) is 13.9 Å². The number of amides is 2. The molecule has 0 radical (unpaired) electrons. The summed E-state index contributed by atoms with van der Waals surface area (Å²) in [6, 6.07) is 3.14. The molecule has 7 nitrogen and oxygen atoms in total. The average Bonchev–Trinajstić information content (AvgIpc) is 2.86. The van der Waals surface area contributed by atoms with Crippen LogP contribution in [0.2, 0.25) is 15.1 Å². The molecule has 0 atom stereocenters. The highest BCUT2D eigenvalue weighted by Crippen LogP contribution is 2.38. The molecule has 1 aromatic carbocycles. The van der Waals surface area contributed by atoms with Crippen LogP contribution in [-0.4, -0.2) is 25.7 Å². The lowest BCUT2D eigenvalue weighted by molar-refractivity contribution is -0.131. The van der Waals surface area contributed by atoms with Crippen LogP contribution in [0.3, 0.4) is 0 Å². The van der Waals surface area contributed by atoms with Crippen LogP contribution in [0.5, 0.6) is 0 Å². The first-order chi connectivity index (χ1) is 12.1. The van der Waals surface area contributed by atoms with Gasteiger partial charge in [-0.1, -0.05) is 34.8 Å². The van der Waals surface area contributed by atoms with Gasteiger partial charge in [-0.15, -0.1) is 0 Å². The smallest absolute Gasteiger partial charge is 0.239 e. The molecule has 138 valence electrons. The number of carbonyl (C=O) groups is 2. The molecule has 1 saturated heterocycles. The third-order valence-corrected chi connectivity index (χ3v) is 5.54. The summed E-state index contributed by atoms with van der Waals surface area (Å²) in [6.45, 7) is 0. The van der Waals surface area contributed by atoms with Gasteiger partial charge in [0, 0.05) is 23.4 Å². The van der Waals surface area contributed by atoms with Gasteiger partial charge < -0.3 is 11.5 Å². The van der Waals surface area contributed by atoms with E-state index in [-0.39, 0.29) is 23.5 Å². The standard InChI is InChI=1S/C10H6BrCl3N4.C4H4BrNO2/c11-8-10(16)18-9(15)7(17-8)4-1-3(12)2-5(13)6(4)14;5-6-3(7)1-2-4(6)8/h1-2H,(H4,15,16,18);1-2H2. The Labute approximate surface area is 180 Å². The zero-order valence-corrected chi connectivity index (χ0v) is 18.2. The van der Waals surface area contributed by atoms with Crippen molar-refractivity contribution in [1.29, 1.82) is 0 Å². The molecular formula is C14H10Br2Cl3N5O2. The van der Waals surface area contributed by atoms with Crippen LogP contribution >= 0.6 is 66.9 Å². The van der Waals surface area contributed by atoms with Crippen molar-refractivity contribution < 1.29 is 9.59 Å². The maximum Gasteiger partial charge on any atom is 0.239 e. The van der Waals surface area contributed by atoms with Crippen LogP contribution in [0.4, 0.5) is 11.6 Å². The number of nitrogens with two attached hydrogens (primary N) is 2. The zero-order valence-electron chi connectivity index (χ0n) is 12.8. The minimum atomic E-state index is -0.144. The summed E-state index contributed by atoms with van der Waals surface area (Å²) < 4.78 is 1.35. The van der Waals surface area contributed by atoms with Gasteiger partial charge in [0.15, 0.2) is 11.6 Å². The lowest BCUT2D eigenvalue weighted by Gasteiger charge is -2.09. The molecule has 0 spiro atoms. The molecule has 2 heterocycles. The van der Waals surface area contributed by atoms with E-state index in [1.165, 1.54) is 6.07 Å². The molecule has 1 aliphatic heterocycles. The predicted molar refractivity (Wildman–Crippen MR) is 109 cm³/mol. The first-order valence-corrected chi connectivity index (χ1v) is 9.50. The van der Waals surface area contributed by atoms with Gasteiger partial charge in [0.1, 0.15) is 10.3 Å². The molecule has 1 aliphatic rings. The number of hydrogen-bond donors (Lipinski definition) is 2. The lowest BCUT2D eigenvalue weighted by Crippen LogP contribution is -2.16. The number of halogens is 5. The fourth-order valence-electron chi connectivity index (χ4n) is 1.92. The van der Waals surface area contributed by atoms with Crippen LogP contribution in [0, 0.1) is 0 Å². The molecule has 0 unspecified atom stereocenters. The zero-order chi connectivity index (χ0) is 19.6.